The minimum absolute atomic E-state index is 0.0267. The van der Waals surface area contributed by atoms with Gasteiger partial charge in [0.25, 0.3) is 0 Å². The fraction of sp³-hybridized carbons (Fsp3) is 0.133. The number of aromatic carboxylic acids is 1. The highest BCUT2D eigenvalue weighted by Crippen LogP contribution is 2.31. The third kappa shape index (κ3) is 4.12. The van der Waals surface area contributed by atoms with Gasteiger partial charge in [0.1, 0.15) is 16.4 Å². The van der Waals surface area contributed by atoms with Crippen LogP contribution in [0.3, 0.4) is 0 Å². The Labute approximate surface area is 139 Å². The SMILES string of the molecule is CS(=O)(=O)c1ccc(Oc2cccc(C(=O)O)c2)c(S(C)(=O)=O)c1. The van der Waals surface area contributed by atoms with Crippen molar-refractivity contribution in [2.45, 2.75) is 9.79 Å². The molecule has 9 heteroatoms. The fourth-order valence-electron chi connectivity index (χ4n) is 1.91. The topological polar surface area (TPSA) is 115 Å². The Morgan fingerprint density at radius 3 is 2.17 bits per heavy atom. The summed E-state index contributed by atoms with van der Waals surface area (Å²) in [5.74, 6) is -1.13. The summed E-state index contributed by atoms with van der Waals surface area (Å²) in [6, 6.07) is 8.96. The third-order valence-electron chi connectivity index (χ3n) is 3.05. The van der Waals surface area contributed by atoms with Crippen molar-refractivity contribution in [3.8, 4) is 11.5 Å². The molecule has 24 heavy (non-hydrogen) atoms. The van der Waals surface area contributed by atoms with E-state index in [1.807, 2.05) is 0 Å². The van der Waals surface area contributed by atoms with Crippen LogP contribution in [0.5, 0.6) is 11.5 Å². The first-order valence-corrected chi connectivity index (χ1v) is 10.3. The Morgan fingerprint density at radius 2 is 1.62 bits per heavy atom. The molecule has 128 valence electrons. The second-order valence-electron chi connectivity index (χ2n) is 5.09. The molecule has 0 radical (unpaired) electrons. The summed E-state index contributed by atoms with van der Waals surface area (Å²) < 4.78 is 52.5. The van der Waals surface area contributed by atoms with Gasteiger partial charge >= 0.3 is 5.97 Å². The minimum atomic E-state index is -3.77. The van der Waals surface area contributed by atoms with Crippen molar-refractivity contribution in [3.05, 3.63) is 48.0 Å². The van der Waals surface area contributed by atoms with E-state index < -0.39 is 25.6 Å². The smallest absolute Gasteiger partial charge is 0.335 e. The minimum Gasteiger partial charge on any atom is -0.478 e. The molecule has 2 rings (SSSR count). The Balaban J connectivity index is 2.55. The summed E-state index contributed by atoms with van der Waals surface area (Å²) in [5.41, 5.74) is -0.0267. The molecule has 0 heterocycles. The van der Waals surface area contributed by atoms with Crippen LogP contribution in [0, 0.1) is 0 Å². The van der Waals surface area contributed by atoms with Gasteiger partial charge in [-0.25, -0.2) is 21.6 Å². The molecule has 0 saturated heterocycles. The van der Waals surface area contributed by atoms with Gasteiger partial charge in [-0.15, -0.1) is 0 Å². The average Bonchev–Trinajstić information content (AvgIpc) is 2.45. The van der Waals surface area contributed by atoms with Crippen molar-refractivity contribution >= 4 is 25.6 Å². The number of carbonyl (C=O) groups is 1. The highest BCUT2D eigenvalue weighted by molar-refractivity contribution is 7.91. The molecule has 7 nitrogen and oxygen atoms in total. The fourth-order valence-corrected chi connectivity index (χ4v) is 3.45. The maximum Gasteiger partial charge on any atom is 0.335 e. The zero-order valence-corrected chi connectivity index (χ0v) is 14.4. The highest BCUT2D eigenvalue weighted by Gasteiger charge is 2.19. The van der Waals surface area contributed by atoms with Gasteiger partial charge in [0.15, 0.2) is 19.7 Å². The van der Waals surface area contributed by atoms with Crippen LogP contribution >= 0.6 is 0 Å². The van der Waals surface area contributed by atoms with Crippen molar-refractivity contribution in [1.29, 1.82) is 0 Å². The molecular formula is C15H14O7S2. The first-order chi connectivity index (χ1) is 11.0. The summed E-state index contributed by atoms with van der Waals surface area (Å²) in [5, 5.41) is 8.97. The zero-order valence-electron chi connectivity index (χ0n) is 12.8. The van der Waals surface area contributed by atoms with Crippen molar-refractivity contribution in [2.75, 3.05) is 12.5 Å². The number of ether oxygens (including phenoxy) is 1. The molecular weight excluding hydrogens is 356 g/mol. The van der Waals surface area contributed by atoms with Gasteiger partial charge in [-0.2, -0.15) is 0 Å². The lowest BCUT2D eigenvalue weighted by Gasteiger charge is -2.12. The van der Waals surface area contributed by atoms with Gasteiger partial charge in [-0.3, -0.25) is 0 Å². The standard InChI is InChI=1S/C15H14O7S2/c1-23(18,19)12-6-7-13(14(9-12)24(2,20)21)22-11-5-3-4-10(8-11)15(16)17/h3-9H,1-2H3,(H,16,17). The van der Waals surface area contributed by atoms with Crippen LogP contribution in [0.4, 0.5) is 0 Å². The predicted molar refractivity (Wildman–Crippen MR) is 86.1 cm³/mol. The number of carboxylic acid groups (broad SMARTS) is 1. The molecule has 0 aliphatic heterocycles. The summed E-state index contributed by atoms with van der Waals surface area (Å²) in [6.07, 6.45) is 1.89. The molecule has 0 fully saturated rings. The van der Waals surface area contributed by atoms with Crippen molar-refractivity contribution in [2.24, 2.45) is 0 Å². The van der Waals surface area contributed by atoms with Crippen LogP contribution in [-0.4, -0.2) is 40.4 Å². The Kier molecular flexibility index (Phi) is 4.68. The second kappa shape index (κ2) is 6.25. The van der Waals surface area contributed by atoms with Gasteiger partial charge in [0.2, 0.25) is 0 Å². The number of sulfone groups is 2. The van der Waals surface area contributed by atoms with Crippen molar-refractivity contribution in [3.63, 3.8) is 0 Å². The quantitative estimate of drug-likeness (QED) is 0.855. The summed E-state index contributed by atoms with van der Waals surface area (Å²) in [7, 11) is -7.36. The van der Waals surface area contributed by atoms with Gasteiger partial charge in [0, 0.05) is 12.5 Å². The normalized spacial score (nSPS) is 11.9. The number of hydrogen-bond donors (Lipinski definition) is 1. The van der Waals surface area contributed by atoms with E-state index in [9.17, 15) is 21.6 Å². The van der Waals surface area contributed by atoms with E-state index in [0.717, 1.165) is 18.6 Å². The lowest BCUT2D eigenvalue weighted by molar-refractivity contribution is 0.0696. The molecule has 2 aromatic carbocycles. The Bertz CT molecular complexity index is 1010. The third-order valence-corrected chi connectivity index (χ3v) is 5.28. The van der Waals surface area contributed by atoms with E-state index in [1.165, 1.54) is 36.4 Å². The number of rotatable bonds is 5. The molecule has 0 atom stereocenters. The maximum absolute atomic E-state index is 11.9. The van der Waals surface area contributed by atoms with Gasteiger partial charge in [-0.05, 0) is 36.4 Å². The molecule has 0 aliphatic rings. The molecule has 2 aromatic rings. The molecule has 0 amide bonds. The van der Waals surface area contributed by atoms with Crippen LogP contribution in [0.15, 0.2) is 52.3 Å². The summed E-state index contributed by atoms with van der Waals surface area (Å²) >= 11 is 0. The van der Waals surface area contributed by atoms with E-state index in [2.05, 4.69) is 0 Å². The van der Waals surface area contributed by atoms with Crippen LogP contribution < -0.4 is 4.74 Å². The van der Waals surface area contributed by atoms with Crippen molar-refractivity contribution < 1.29 is 31.5 Å². The molecule has 0 bridgehead atoms. The van der Waals surface area contributed by atoms with Crippen LogP contribution in [0.2, 0.25) is 0 Å². The first-order valence-electron chi connectivity index (χ1n) is 6.54. The molecule has 1 N–H and O–H groups in total. The summed E-state index contributed by atoms with van der Waals surface area (Å²) in [6.45, 7) is 0. The first kappa shape index (κ1) is 18.0. The van der Waals surface area contributed by atoms with E-state index in [-0.39, 0.29) is 26.9 Å². The molecule has 0 saturated carbocycles. The number of hydrogen-bond acceptors (Lipinski definition) is 6. The molecule has 0 unspecified atom stereocenters. The number of carboxylic acids is 1. The van der Waals surface area contributed by atoms with E-state index in [1.54, 1.807) is 0 Å². The van der Waals surface area contributed by atoms with Crippen LogP contribution in [0.25, 0.3) is 0 Å². The largest absolute Gasteiger partial charge is 0.478 e. The zero-order chi connectivity index (χ0) is 18.1. The average molecular weight is 370 g/mol. The van der Waals surface area contributed by atoms with Gasteiger partial charge < -0.3 is 9.84 Å². The van der Waals surface area contributed by atoms with E-state index in [4.69, 9.17) is 9.84 Å². The lowest BCUT2D eigenvalue weighted by atomic mass is 10.2. The van der Waals surface area contributed by atoms with Crippen LogP contribution in [-0.2, 0) is 19.7 Å². The highest BCUT2D eigenvalue weighted by atomic mass is 32.2. The second-order valence-corrected chi connectivity index (χ2v) is 9.09. The van der Waals surface area contributed by atoms with E-state index in [0.29, 0.717) is 0 Å². The van der Waals surface area contributed by atoms with Gasteiger partial charge in [0.05, 0.1) is 10.5 Å². The maximum atomic E-state index is 11.9. The molecule has 0 aromatic heterocycles. The van der Waals surface area contributed by atoms with Gasteiger partial charge in [-0.1, -0.05) is 6.07 Å². The Hall–Kier alpha value is -2.39. The molecule has 0 aliphatic carbocycles. The monoisotopic (exact) mass is 370 g/mol. The predicted octanol–water partition coefficient (Wildman–Crippen LogP) is 1.98. The number of benzene rings is 2. The van der Waals surface area contributed by atoms with Crippen molar-refractivity contribution in [1.82, 2.24) is 0 Å². The van der Waals surface area contributed by atoms with Crippen LogP contribution in [0.1, 0.15) is 10.4 Å². The van der Waals surface area contributed by atoms with E-state index >= 15 is 0 Å². The summed E-state index contributed by atoms with van der Waals surface area (Å²) in [4.78, 5) is 10.5. The lowest BCUT2D eigenvalue weighted by Crippen LogP contribution is -2.04. The molecule has 0 spiro atoms. The Morgan fingerprint density at radius 1 is 0.958 bits per heavy atom.